The number of hydrogen-bond acceptors (Lipinski definition) is 2. The number of benzene rings is 1. The molecule has 1 rings (SSSR count). The van der Waals surface area contributed by atoms with Crippen LogP contribution >= 0.6 is 15.9 Å². The molecule has 0 aliphatic heterocycles. The van der Waals surface area contributed by atoms with Crippen LogP contribution in [0, 0.1) is 6.92 Å². The molecule has 0 aliphatic rings. The Kier molecular flexibility index (Phi) is 4.36. The van der Waals surface area contributed by atoms with E-state index in [1.165, 1.54) is 0 Å². The van der Waals surface area contributed by atoms with Crippen molar-refractivity contribution in [2.24, 2.45) is 0 Å². The van der Waals surface area contributed by atoms with Crippen molar-refractivity contribution in [2.75, 3.05) is 6.61 Å². The Morgan fingerprint density at radius 2 is 2.20 bits per heavy atom. The van der Waals surface area contributed by atoms with Crippen LogP contribution in [0.2, 0.25) is 0 Å². The van der Waals surface area contributed by atoms with Crippen molar-refractivity contribution in [1.82, 2.24) is 0 Å². The number of aliphatic hydroxyl groups is 1. The second kappa shape index (κ2) is 5.33. The predicted molar refractivity (Wildman–Crippen MR) is 65.1 cm³/mol. The van der Waals surface area contributed by atoms with Gasteiger partial charge in [0.15, 0.2) is 0 Å². The molecule has 0 amide bonds. The van der Waals surface area contributed by atoms with Crippen LogP contribution in [0.3, 0.4) is 0 Å². The van der Waals surface area contributed by atoms with Crippen molar-refractivity contribution >= 4 is 15.9 Å². The molecule has 0 unspecified atom stereocenters. The van der Waals surface area contributed by atoms with E-state index in [-0.39, 0.29) is 6.61 Å². The first kappa shape index (κ1) is 12.3. The lowest BCUT2D eigenvalue weighted by Gasteiger charge is -2.13. The minimum Gasteiger partial charge on any atom is -0.489 e. The van der Waals surface area contributed by atoms with Gasteiger partial charge in [0.25, 0.3) is 0 Å². The van der Waals surface area contributed by atoms with E-state index in [4.69, 9.17) is 4.74 Å². The van der Waals surface area contributed by atoms with Gasteiger partial charge in [-0.25, -0.2) is 0 Å². The second-order valence-corrected chi connectivity index (χ2v) is 4.53. The molecule has 15 heavy (non-hydrogen) atoms. The fourth-order valence-corrected chi connectivity index (χ4v) is 1.94. The van der Waals surface area contributed by atoms with E-state index in [2.05, 4.69) is 22.5 Å². The Labute approximate surface area is 98.7 Å². The molecule has 0 aliphatic carbocycles. The molecule has 0 spiro atoms. The van der Waals surface area contributed by atoms with Gasteiger partial charge in [0.05, 0.1) is 6.61 Å². The van der Waals surface area contributed by atoms with Gasteiger partial charge >= 0.3 is 0 Å². The highest BCUT2D eigenvalue weighted by Gasteiger charge is 2.08. The lowest BCUT2D eigenvalue weighted by atomic mass is 10.1. The van der Waals surface area contributed by atoms with Crippen molar-refractivity contribution in [3.8, 4) is 5.75 Å². The molecule has 0 saturated carbocycles. The number of aryl methyl sites for hydroxylation is 1. The molecule has 2 nitrogen and oxygen atoms in total. The SMILES string of the molecule is C=C(C)COc1c(C)cc(Br)cc1CO. The highest BCUT2D eigenvalue weighted by atomic mass is 79.9. The summed E-state index contributed by atoms with van der Waals surface area (Å²) in [5, 5.41) is 9.21. The van der Waals surface area contributed by atoms with Gasteiger partial charge in [-0.1, -0.05) is 22.5 Å². The molecule has 82 valence electrons. The predicted octanol–water partition coefficient (Wildman–Crippen LogP) is 3.20. The fourth-order valence-electron chi connectivity index (χ4n) is 1.32. The number of aliphatic hydroxyl groups excluding tert-OH is 1. The van der Waals surface area contributed by atoms with E-state index in [0.29, 0.717) is 6.61 Å². The van der Waals surface area contributed by atoms with Crippen LogP contribution in [-0.2, 0) is 6.61 Å². The van der Waals surface area contributed by atoms with Crippen LogP contribution in [0.4, 0.5) is 0 Å². The summed E-state index contributed by atoms with van der Waals surface area (Å²) >= 11 is 3.38. The van der Waals surface area contributed by atoms with E-state index in [1.54, 1.807) is 0 Å². The van der Waals surface area contributed by atoms with Crippen LogP contribution in [0.1, 0.15) is 18.1 Å². The quantitative estimate of drug-likeness (QED) is 0.852. The third kappa shape index (κ3) is 3.36. The maximum absolute atomic E-state index is 9.21. The molecule has 1 N–H and O–H groups in total. The molecule has 0 atom stereocenters. The highest BCUT2D eigenvalue weighted by Crippen LogP contribution is 2.28. The Bertz CT molecular complexity index is 372. The Morgan fingerprint density at radius 3 is 2.73 bits per heavy atom. The summed E-state index contributed by atoms with van der Waals surface area (Å²) < 4.78 is 6.55. The molecule has 1 aromatic rings. The summed E-state index contributed by atoms with van der Waals surface area (Å²) in [6.07, 6.45) is 0. The molecular weight excluding hydrogens is 256 g/mol. The highest BCUT2D eigenvalue weighted by molar-refractivity contribution is 9.10. The summed E-state index contributed by atoms with van der Waals surface area (Å²) in [5.41, 5.74) is 2.76. The van der Waals surface area contributed by atoms with E-state index in [0.717, 1.165) is 26.9 Å². The monoisotopic (exact) mass is 270 g/mol. The van der Waals surface area contributed by atoms with E-state index >= 15 is 0 Å². The smallest absolute Gasteiger partial charge is 0.128 e. The minimum atomic E-state index is -0.0220. The molecule has 3 heteroatoms. The van der Waals surface area contributed by atoms with Crippen LogP contribution in [0.25, 0.3) is 0 Å². The second-order valence-electron chi connectivity index (χ2n) is 3.61. The van der Waals surface area contributed by atoms with Crippen molar-refractivity contribution in [1.29, 1.82) is 0 Å². The van der Waals surface area contributed by atoms with Gasteiger partial charge in [0.2, 0.25) is 0 Å². The Morgan fingerprint density at radius 1 is 1.53 bits per heavy atom. The first-order valence-corrected chi connectivity index (χ1v) is 5.51. The van der Waals surface area contributed by atoms with Crippen molar-refractivity contribution < 1.29 is 9.84 Å². The van der Waals surface area contributed by atoms with Gasteiger partial charge < -0.3 is 9.84 Å². The Hall–Kier alpha value is -0.800. The molecule has 1 aromatic carbocycles. The average Bonchev–Trinajstić information content (AvgIpc) is 2.14. The fraction of sp³-hybridized carbons (Fsp3) is 0.333. The van der Waals surface area contributed by atoms with Crippen LogP contribution in [-0.4, -0.2) is 11.7 Å². The van der Waals surface area contributed by atoms with Crippen LogP contribution in [0.5, 0.6) is 5.75 Å². The third-order valence-corrected chi connectivity index (χ3v) is 2.41. The zero-order valence-corrected chi connectivity index (χ0v) is 10.6. The van der Waals surface area contributed by atoms with Gasteiger partial charge in [-0.2, -0.15) is 0 Å². The van der Waals surface area contributed by atoms with Crippen molar-refractivity contribution in [3.63, 3.8) is 0 Å². The summed E-state index contributed by atoms with van der Waals surface area (Å²) in [7, 11) is 0. The molecule has 0 radical (unpaired) electrons. The average molecular weight is 271 g/mol. The summed E-state index contributed by atoms with van der Waals surface area (Å²) in [6.45, 7) is 8.10. The van der Waals surface area contributed by atoms with Crippen LogP contribution in [0.15, 0.2) is 28.8 Å². The number of ether oxygens (including phenoxy) is 1. The first-order chi connectivity index (χ1) is 7.04. The van der Waals surface area contributed by atoms with E-state index in [1.807, 2.05) is 26.0 Å². The topological polar surface area (TPSA) is 29.5 Å². The Balaban J connectivity index is 2.98. The largest absolute Gasteiger partial charge is 0.489 e. The summed E-state index contributed by atoms with van der Waals surface area (Å²) in [4.78, 5) is 0. The molecule has 0 fully saturated rings. The number of rotatable bonds is 4. The lowest BCUT2D eigenvalue weighted by molar-refractivity contribution is 0.268. The molecule has 0 bridgehead atoms. The van der Waals surface area contributed by atoms with Gasteiger partial charge in [-0.05, 0) is 37.1 Å². The van der Waals surface area contributed by atoms with Gasteiger partial charge in [0, 0.05) is 10.0 Å². The van der Waals surface area contributed by atoms with Gasteiger partial charge in [-0.3, -0.25) is 0 Å². The van der Waals surface area contributed by atoms with Gasteiger partial charge in [0.1, 0.15) is 12.4 Å². The van der Waals surface area contributed by atoms with Crippen LogP contribution < -0.4 is 4.74 Å². The number of hydrogen-bond donors (Lipinski definition) is 1. The first-order valence-electron chi connectivity index (χ1n) is 4.71. The normalized spacial score (nSPS) is 10.1. The molecular formula is C12H15BrO2. The zero-order valence-electron chi connectivity index (χ0n) is 9.01. The van der Waals surface area contributed by atoms with Crippen molar-refractivity contribution in [2.45, 2.75) is 20.5 Å². The molecule has 0 saturated heterocycles. The van der Waals surface area contributed by atoms with E-state index in [9.17, 15) is 5.11 Å². The minimum absolute atomic E-state index is 0.0220. The van der Waals surface area contributed by atoms with Crippen molar-refractivity contribution in [3.05, 3.63) is 39.9 Å². The lowest BCUT2D eigenvalue weighted by Crippen LogP contribution is -2.02. The zero-order chi connectivity index (χ0) is 11.4. The third-order valence-electron chi connectivity index (χ3n) is 1.95. The maximum Gasteiger partial charge on any atom is 0.128 e. The maximum atomic E-state index is 9.21. The standard InChI is InChI=1S/C12H15BrO2/c1-8(2)7-15-12-9(3)4-11(13)5-10(12)6-14/h4-5,14H,1,6-7H2,2-3H3. The number of halogens is 1. The molecule has 0 aromatic heterocycles. The summed E-state index contributed by atoms with van der Waals surface area (Å²) in [5.74, 6) is 0.753. The van der Waals surface area contributed by atoms with Gasteiger partial charge in [-0.15, -0.1) is 0 Å². The molecule has 0 heterocycles. The summed E-state index contributed by atoms with van der Waals surface area (Å²) in [6, 6.07) is 3.83. The van der Waals surface area contributed by atoms with E-state index < -0.39 is 0 Å².